The zero-order valence-corrected chi connectivity index (χ0v) is 9.93. The van der Waals surface area contributed by atoms with Crippen LogP contribution in [0.3, 0.4) is 0 Å². The van der Waals surface area contributed by atoms with Gasteiger partial charge < -0.3 is 5.11 Å². The largest absolute Gasteiger partial charge is 0.481 e. The van der Waals surface area contributed by atoms with Crippen LogP contribution >= 0.6 is 0 Å². The Morgan fingerprint density at radius 1 is 1.22 bits per heavy atom. The van der Waals surface area contributed by atoms with Gasteiger partial charge in [-0.2, -0.15) is 0 Å². The number of rotatable bonds is 4. The Hall–Kier alpha value is -1.45. The van der Waals surface area contributed by atoms with E-state index in [0.29, 0.717) is 12.0 Å². The van der Waals surface area contributed by atoms with Crippen molar-refractivity contribution < 1.29 is 18.7 Å². The lowest BCUT2D eigenvalue weighted by Gasteiger charge is -2.16. The average Bonchev–Trinajstić information content (AvgIpc) is 2.66. The highest BCUT2D eigenvalue weighted by molar-refractivity contribution is 5.76. The first-order chi connectivity index (χ1) is 8.58. The number of benzene rings is 1. The highest BCUT2D eigenvalue weighted by Crippen LogP contribution is 2.37. The maximum absolute atomic E-state index is 13.1. The fourth-order valence-corrected chi connectivity index (χ4v) is 2.62. The number of carboxylic acids is 1. The molecule has 0 amide bonds. The van der Waals surface area contributed by atoms with Gasteiger partial charge in [0.05, 0.1) is 5.92 Å². The molecule has 4 heteroatoms. The first kappa shape index (κ1) is 13.0. The van der Waals surface area contributed by atoms with E-state index < -0.39 is 24.2 Å². The Balaban J connectivity index is 2.07. The molecule has 1 aliphatic rings. The quantitative estimate of drug-likeness (QED) is 0.894. The van der Waals surface area contributed by atoms with Crippen LogP contribution in [-0.4, -0.2) is 23.4 Å². The molecule has 1 fully saturated rings. The van der Waals surface area contributed by atoms with E-state index in [4.69, 9.17) is 0 Å². The van der Waals surface area contributed by atoms with Crippen molar-refractivity contribution in [1.82, 2.24) is 0 Å². The molecule has 0 heterocycles. The summed E-state index contributed by atoms with van der Waals surface area (Å²) in [5, 5.41) is 9.23. The van der Waals surface area contributed by atoms with Crippen LogP contribution in [0.5, 0.6) is 0 Å². The summed E-state index contributed by atoms with van der Waals surface area (Å²) >= 11 is 0. The summed E-state index contributed by atoms with van der Waals surface area (Å²) in [5.41, 5.74) is 0.697. The Bertz CT molecular complexity index is 398. The summed E-state index contributed by atoms with van der Waals surface area (Å²) in [7, 11) is 0. The summed E-state index contributed by atoms with van der Waals surface area (Å²) in [5.74, 6) is -1.79. The Morgan fingerprint density at radius 3 is 2.28 bits per heavy atom. The van der Waals surface area contributed by atoms with Crippen LogP contribution in [-0.2, 0) is 4.79 Å². The first-order valence-electron chi connectivity index (χ1n) is 6.14. The smallest absolute Gasteiger partial charge is 0.310 e. The van der Waals surface area contributed by atoms with Gasteiger partial charge in [0.2, 0.25) is 0 Å². The van der Waals surface area contributed by atoms with Crippen LogP contribution in [0.4, 0.5) is 8.78 Å². The minimum absolute atomic E-state index is 0.137. The first-order valence-corrected chi connectivity index (χ1v) is 6.14. The maximum atomic E-state index is 13.1. The van der Waals surface area contributed by atoms with Crippen molar-refractivity contribution >= 4 is 5.97 Å². The third kappa shape index (κ3) is 2.86. The fraction of sp³-hybridized carbons (Fsp3) is 0.500. The summed E-state index contributed by atoms with van der Waals surface area (Å²) in [4.78, 5) is 11.3. The minimum Gasteiger partial charge on any atom is -0.481 e. The van der Waals surface area contributed by atoms with Crippen LogP contribution in [0.2, 0.25) is 0 Å². The van der Waals surface area contributed by atoms with Gasteiger partial charge in [-0.25, -0.2) is 8.78 Å². The van der Waals surface area contributed by atoms with E-state index in [2.05, 4.69) is 0 Å². The van der Waals surface area contributed by atoms with E-state index in [9.17, 15) is 18.7 Å². The molecular weight excluding hydrogens is 238 g/mol. The van der Waals surface area contributed by atoms with E-state index in [-0.39, 0.29) is 18.8 Å². The van der Waals surface area contributed by atoms with E-state index in [1.54, 1.807) is 24.3 Å². The van der Waals surface area contributed by atoms with Crippen molar-refractivity contribution in [3.63, 3.8) is 0 Å². The average molecular weight is 254 g/mol. The van der Waals surface area contributed by atoms with Gasteiger partial charge in [-0.15, -0.1) is 0 Å². The maximum Gasteiger partial charge on any atom is 0.310 e. The second kappa shape index (κ2) is 5.46. The van der Waals surface area contributed by atoms with Gasteiger partial charge in [0.15, 0.2) is 0 Å². The van der Waals surface area contributed by atoms with E-state index in [0.717, 1.165) is 0 Å². The lowest BCUT2D eigenvalue weighted by atomic mass is 9.88. The number of hydrogen-bond acceptors (Lipinski definition) is 1. The van der Waals surface area contributed by atoms with E-state index in [1.807, 2.05) is 6.07 Å². The molecular formula is C14H16F2O2. The van der Waals surface area contributed by atoms with Gasteiger partial charge in [0, 0.05) is 0 Å². The van der Waals surface area contributed by atoms with Crippen molar-refractivity contribution in [2.45, 2.75) is 37.5 Å². The summed E-state index contributed by atoms with van der Waals surface area (Å²) < 4.78 is 26.2. The third-order valence-corrected chi connectivity index (χ3v) is 3.58. The zero-order valence-electron chi connectivity index (χ0n) is 9.93. The molecule has 0 spiro atoms. The molecule has 1 unspecified atom stereocenters. The molecule has 0 bridgehead atoms. The fourth-order valence-electron chi connectivity index (χ4n) is 2.62. The molecule has 1 saturated carbocycles. The molecule has 2 nitrogen and oxygen atoms in total. The van der Waals surface area contributed by atoms with Gasteiger partial charge in [-0.3, -0.25) is 4.79 Å². The molecule has 18 heavy (non-hydrogen) atoms. The number of halogens is 2. The Morgan fingerprint density at radius 2 is 1.78 bits per heavy atom. The number of aliphatic carboxylic acids is 1. The highest BCUT2D eigenvalue weighted by Gasteiger charge is 2.37. The summed E-state index contributed by atoms with van der Waals surface area (Å²) in [6.07, 6.45) is -2.28. The summed E-state index contributed by atoms with van der Waals surface area (Å²) in [6.45, 7) is 0. The highest BCUT2D eigenvalue weighted by atomic mass is 19.2. The molecule has 1 aromatic rings. The molecule has 2 rings (SSSR count). The van der Waals surface area contributed by atoms with Gasteiger partial charge in [-0.1, -0.05) is 30.3 Å². The van der Waals surface area contributed by atoms with Crippen LogP contribution in [0.25, 0.3) is 0 Å². The zero-order chi connectivity index (χ0) is 13.1. The van der Waals surface area contributed by atoms with Gasteiger partial charge in [-0.05, 0) is 30.7 Å². The lowest BCUT2D eigenvalue weighted by Crippen LogP contribution is -2.15. The van der Waals surface area contributed by atoms with E-state index >= 15 is 0 Å². The molecule has 0 radical (unpaired) electrons. The molecule has 1 N–H and O–H groups in total. The van der Waals surface area contributed by atoms with Crippen LogP contribution < -0.4 is 0 Å². The Labute approximate surface area is 105 Å². The molecule has 98 valence electrons. The van der Waals surface area contributed by atoms with Crippen molar-refractivity contribution in [2.24, 2.45) is 5.92 Å². The number of alkyl halides is 2. The van der Waals surface area contributed by atoms with Gasteiger partial charge in [0.25, 0.3) is 0 Å². The monoisotopic (exact) mass is 254 g/mol. The van der Waals surface area contributed by atoms with Crippen molar-refractivity contribution in [3.8, 4) is 0 Å². The predicted octanol–water partition coefficient (Wildman–Crippen LogP) is 3.33. The van der Waals surface area contributed by atoms with Crippen molar-refractivity contribution in [3.05, 3.63) is 35.9 Å². The van der Waals surface area contributed by atoms with Crippen molar-refractivity contribution in [1.29, 1.82) is 0 Å². The predicted molar refractivity (Wildman–Crippen MR) is 64.0 cm³/mol. The van der Waals surface area contributed by atoms with Crippen LogP contribution in [0.1, 0.15) is 30.7 Å². The molecule has 0 aromatic heterocycles. The van der Waals surface area contributed by atoms with Crippen LogP contribution in [0, 0.1) is 5.92 Å². The molecule has 4 atom stereocenters. The number of carboxylic acid groups (broad SMARTS) is 1. The number of carbonyl (C=O) groups is 1. The standard InChI is InChI=1S/C14H16F2O2/c15-12-7-9(8-13(12)16)6-11(14(17)18)10-4-2-1-3-5-10/h1-5,9,11-13H,6-8H2,(H,17,18)/t9-,11?,12+,13-. The van der Waals surface area contributed by atoms with Gasteiger partial charge >= 0.3 is 5.97 Å². The van der Waals surface area contributed by atoms with Crippen molar-refractivity contribution in [2.75, 3.05) is 0 Å². The Kier molecular flexibility index (Phi) is 3.94. The second-order valence-corrected chi connectivity index (χ2v) is 4.91. The van der Waals surface area contributed by atoms with Gasteiger partial charge in [0.1, 0.15) is 12.3 Å². The SMILES string of the molecule is O=C(O)C(C[C@H]1C[C@@H](F)[C@@H](F)C1)c1ccccc1. The minimum atomic E-state index is -1.43. The lowest BCUT2D eigenvalue weighted by molar-refractivity contribution is -0.139. The molecule has 0 saturated heterocycles. The molecule has 1 aliphatic carbocycles. The summed E-state index contributed by atoms with van der Waals surface area (Å²) in [6, 6.07) is 8.85. The molecule has 1 aromatic carbocycles. The topological polar surface area (TPSA) is 37.3 Å². The van der Waals surface area contributed by atoms with Crippen LogP contribution in [0.15, 0.2) is 30.3 Å². The normalized spacial score (nSPS) is 29.1. The van der Waals surface area contributed by atoms with E-state index in [1.165, 1.54) is 0 Å². The number of hydrogen-bond donors (Lipinski definition) is 1. The second-order valence-electron chi connectivity index (χ2n) is 4.91. The third-order valence-electron chi connectivity index (χ3n) is 3.58. The molecule has 0 aliphatic heterocycles.